The van der Waals surface area contributed by atoms with Gasteiger partial charge in [0.05, 0.1) is 23.9 Å². The molecule has 2 heterocycles. The number of nitrogens with zero attached hydrogens (tertiary/aromatic N) is 2. The zero-order valence-electron chi connectivity index (χ0n) is 10.8. The van der Waals surface area contributed by atoms with Gasteiger partial charge in [0.25, 0.3) is 0 Å². The molecule has 6 heteroatoms. The van der Waals surface area contributed by atoms with E-state index in [0.29, 0.717) is 6.61 Å². The van der Waals surface area contributed by atoms with E-state index >= 15 is 0 Å². The summed E-state index contributed by atoms with van der Waals surface area (Å²) >= 11 is 3.39. The maximum Gasteiger partial charge on any atom is 0.116 e. The highest BCUT2D eigenvalue weighted by atomic mass is 32.1. The molecular weight excluding hydrogens is 266 g/mol. The number of aromatic nitrogens is 2. The van der Waals surface area contributed by atoms with Crippen LogP contribution in [0.25, 0.3) is 0 Å². The smallest absolute Gasteiger partial charge is 0.116 e. The number of nitrogens with one attached hydrogen (secondary N) is 1. The fourth-order valence-corrected chi connectivity index (χ4v) is 3.39. The Morgan fingerprint density at radius 2 is 2.28 bits per heavy atom. The Balaban J connectivity index is 2.19. The molecule has 0 fully saturated rings. The summed E-state index contributed by atoms with van der Waals surface area (Å²) in [4.78, 5) is 11.3. The molecule has 0 aliphatic rings. The van der Waals surface area contributed by atoms with Gasteiger partial charge in [0.2, 0.25) is 0 Å². The lowest BCUT2D eigenvalue weighted by Crippen LogP contribution is -2.25. The third-order valence-corrected chi connectivity index (χ3v) is 4.66. The van der Waals surface area contributed by atoms with Crippen LogP contribution in [0.2, 0.25) is 0 Å². The number of ether oxygens (including phenoxy) is 1. The number of rotatable bonds is 6. The maximum atomic E-state index is 5.08. The molecule has 0 aliphatic carbocycles. The maximum absolute atomic E-state index is 5.08. The quantitative estimate of drug-likeness (QED) is 0.828. The minimum absolute atomic E-state index is 0.130. The van der Waals surface area contributed by atoms with E-state index in [0.717, 1.165) is 17.2 Å². The highest BCUT2D eigenvalue weighted by molar-refractivity contribution is 7.12. The van der Waals surface area contributed by atoms with E-state index in [1.165, 1.54) is 9.75 Å². The summed E-state index contributed by atoms with van der Waals surface area (Å²) in [6, 6.07) is 0.130. The van der Waals surface area contributed by atoms with Crippen LogP contribution in [-0.2, 0) is 4.74 Å². The first kappa shape index (κ1) is 13.6. The van der Waals surface area contributed by atoms with Gasteiger partial charge in [-0.3, -0.25) is 4.98 Å². The number of hydrogen-bond donors (Lipinski definition) is 1. The summed E-state index contributed by atoms with van der Waals surface area (Å²) < 4.78 is 5.08. The van der Waals surface area contributed by atoms with Crippen LogP contribution in [0.15, 0.2) is 11.7 Å². The molecule has 2 aromatic rings. The molecule has 1 atom stereocenters. The lowest BCUT2D eigenvalue weighted by Gasteiger charge is -2.14. The number of aryl methyl sites for hydroxylation is 2. The lowest BCUT2D eigenvalue weighted by atomic mass is 10.2. The largest absolute Gasteiger partial charge is 0.383 e. The fourth-order valence-electron chi connectivity index (χ4n) is 1.60. The average Bonchev–Trinajstić information content (AvgIpc) is 2.96. The molecule has 0 saturated carbocycles. The van der Waals surface area contributed by atoms with Crippen LogP contribution in [0.1, 0.15) is 26.5 Å². The van der Waals surface area contributed by atoms with Gasteiger partial charge >= 0.3 is 0 Å². The Morgan fingerprint density at radius 1 is 1.44 bits per heavy atom. The monoisotopic (exact) mass is 283 g/mol. The van der Waals surface area contributed by atoms with E-state index in [1.54, 1.807) is 29.8 Å². The Hall–Kier alpha value is -0.820. The molecule has 0 aromatic carbocycles. The van der Waals surface area contributed by atoms with E-state index in [-0.39, 0.29) is 6.04 Å². The Morgan fingerprint density at radius 3 is 2.83 bits per heavy atom. The van der Waals surface area contributed by atoms with Crippen molar-refractivity contribution in [2.75, 3.05) is 20.3 Å². The standard InChI is InChI=1S/C12H17N3OS2/c1-8-9(2)18-12(15-8)11(14-4-5-16-3)10-6-13-7-17-10/h6-7,11,14H,4-5H2,1-3H3. The van der Waals surface area contributed by atoms with Crippen molar-refractivity contribution in [2.24, 2.45) is 0 Å². The van der Waals surface area contributed by atoms with Gasteiger partial charge in [0.15, 0.2) is 0 Å². The third-order valence-electron chi connectivity index (χ3n) is 2.68. The summed E-state index contributed by atoms with van der Waals surface area (Å²) in [5.74, 6) is 0. The molecule has 18 heavy (non-hydrogen) atoms. The molecule has 0 radical (unpaired) electrons. The Labute approximate surface area is 115 Å². The van der Waals surface area contributed by atoms with Crippen molar-refractivity contribution >= 4 is 22.7 Å². The molecule has 2 aromatic heterocycles. The fraction of sp³-hybridized carbons (Fsp3) is 0.500. The van der Waals surface area contributed by atoms with Gasteiger partial charge in [-0.15, -0.1) is 22.7 Å². The van der Waals surface area contributed by atoms with Crippen molar-refractivity contribution in [3.8, 4) is 0 Å². The van der Waals surface area contributed by atoms with Crippen molar-refractivity contribution in [3.05, 3.63) is 32.2 Å². The topological polar surface area (TPSA) is 47.0 Å². The number of thiazole rings is 2. The molecule has 0 amide bonds. The highest BCUT2D eigenvalue weighted by Gasteiger charge is 2.19. The van der Waals surface area contributed by atoms with Gasteiger partial charge < -0.3 is 10.1 Å². The SMILES string of the molecule is COCCNC(c1cncs1)c1nc(C)c(C)s1. The molecular formula is C12H17N3OS2. The van der Waals surface area contributed by atoms with Crippen LogP contribution < -0.4 is 5.32 Å². The number of methoxy groups -OCH3 is 1. The zero-order valence-corrected chi connectivity index (χ0v) is 12.4. The first-order valence-electron chi connectivity index (χ1n) is 5.77. The average molecular weight is 283 g/mol. The van der Waals surface area contributed by atoms with Crippen LogP contribution in [0.4, 0.5) is 0 Å². The van der Waals surface area contributed by atoms with Gasteiger partial charge in [-0.2, -0.15) is 0 Å². The molecule has 1 N–H and O–H groups in total. The van der Waals surface area contributed by atoms with Crippen LogP contribution in [0, 0.1) is 13.8 Å². The lowest BCUT2D eigenvalue weighted by molar-refractivity contribution is 0.197. The van der Waals surface area contributed by atoms with Crippen molar-refractivity contribution in [1.29, 1.82) is 0 Å². The third kappa shape index (κ3) is 3.14. The minimum atomic E-state index is 0.130. The molecule has 0 aliphatic heterocycles. The molecule has 1 unspecified atom stereocenters. The summed E-state index contributed by atoms with van der Waals surface area (Å²) in [5.41, 5.74) is 2.96. The van der Waals surface area contributed by atoms with Crippen LogP contribution in [-0.4, -0.2) is 30.2 Å². The summed E-state index contributed by atoms with van der Waals surface area (Å²) in [5, 5.41) is 4.58. The van der Waals surface area contributed by atoms with Gasteiger partial charge in [-0.05, 0) is 13.8 Å². The second kappa shape index (κ2) is 6.38. The van der Waals surface area contributed by atoms with Crippen molar-refractivity contribution < 1.29 is 4.74 Å². The van der Waals surface area contributed by atoms with E-state index < -0.39 is 0 Å². The van der Waals surface area contributed by atoms with E-state index in [4.69, 9.17) is 4.74 Å². The molecule has 0 spiro atoms. The predicted molar refractivity (Wildman–Crippen MR) is 75.4 cm³/mol. The Kier molecular flexibility index (Phi) is 4.82. The predicted octanol–water partition coefficient (Wildman–Crippen LogP) is 2.54. The van der Waals surface area contributed by atoms with Crippen molar-refractivity contribution in [2.45, 2.75) is 19.9 Å². The van der Waals surface area contributed by atoms with Gasteiger partial charge in [-0.1, -0.05) is 0 Å². The van der Waals surface area contributed by atoms with Crippen LogP contribution in [0.3, 0.4) is 0 Å². The zero-order chi connectivity index (χ0) is 13.0. The first-order valence-corrected chi connectivity index (χ1v) is 7.46. The number of hydrogen-bond acceptors (Lipinski definition) is 6. The first-order chi connectivity index (χ1) is 8.72. The molecule has 2 rings (SSSR count). The highest BCUT2D eigenvalue weighted by Crippen LogP contribution is 2.29. The summed E-state index contributed by atoms with van der Waals surface area (Å²) in [6.45, 7) is 5.65. The second-order valence-electron chi connectivity index (χ2n) is 3.98. The molecule has 0 bridgehead atoms. The molecule has 98 valence electrons. The van der Waals surface area contributed by atoms with Crippen molar-refractivity contribution in [3.63, 3.8) is 0 Å². The van der Waals surface area contributed by atoms with Crippen LogP contribution >= 0.6 is 22.7 Å². The summed E-state index contributed by atoms with van der Waals surface area (Å²) in [7, 11) is 1.71. The van der Waals surface area contributed by atoms with E-state index in [9.17, 15) is 0 Å². The van der Waals surface area contributed by atoms with Gasteiger partial charge in [0, 0.05) is 29.6 Å². The minimum Gasteiger partial charge on any atom is -0.383 e. The second-order valence-corrected chi connectivity index (χ2v) is 6.13. The van der Waals surface area contributed by atoms with Crippen LogP contribution in [0.5, 0.6) is 0 Å². The van der Waals surface area contributed by atoms with Gasteiger partial charge in [-0.25, -0.2) is 4.98 Å². The molecule has 0 saturated heterocycles. The normalized spacial score (nSPS) is 12.8. The summed E-state index contributed by atoms with van der Waals surface area (Å²) in [6.07, 6.45) is 1.90. The van der Waals surface area contributed by atoms with E-state index in [1.807, 2.05) is 18.6 Å². The molecule has 4 nitrogen and oxygen atoms in total. The Bertz CT molecular complexity index is 462. The van der Waals surface area contributed by atoms with E-state index in [2.05, 4.69) is 22.2 Å². The van der Waals surface area contributed by atoms with Crippen molar-refractivity contribution in [1.82, 2.24) is 15.3 Å². The van der Waals surface area contributed by atoms with Gasteiger partial charge in [0.1, 0.15) is 5.01 Å².